The lowest BCUT2D eigenvalue weighted by atomic mass is 9.89. The Kier molecular flexibility index (Phi) is 9.27. The molecule has 0 aliphatic carbocycles. The van der Waals surface area contributed by atoms with Crippen LogP contribution >= 0.6 is 0 Å². The predicted molar refractivity (Wildman–Crippen MR) is 67.2 cm³/mol. The molecule has 0 unspecified atom stereocenters. The van der Waals surface area contributed by atoms with Crippen LogP contribution in [0.15, 0.2) is 0 Å². The monoisotopic (exact) mass is 226 g/mol. The van der Waals surface area contributed by atoms with Crippen molar-refractivity contribution in [3.8, 4) is 6.07 Å². The molecule has 0 aromatic carbocycles. The molecule has 0 aromatic rings. The Bertz CT molecular complexity index is 197. The molecule has 0 fully saturated rings. The van der Waals surface area contributed by atoms with Crippen LogP contribution in [0.1, 0.15) is 46.5 Å². The second-order valence-corrected chi connectivity index (χ2v) is 4.82. The number of rotatable bonds is 10. The number of hydrogen-bond donors (Lipinski definition) is 1. The normalized spacial score (nSPS) is 11.4. The molecule has 0 aliphatic rings. The van der Waals surface area contributed by atoms with Crippen molar-refractivity contribution in [2.75, 3.05) is 26.3 Å². The Morgan fingerprint density at radius 2 is 1.94 bits per heavy atom. The third kappa shape index (κ3) is 9.95. The Labute approximate surface area is 100 Å². The van der Waals surface area contributed by atoms with Crippen LogP contribution < -0.4 is 5.32 Å². The van der Waals surface area contributed by atoms with E-state index in [1.165, 1.54) is 6.42 Å². The molecule has 0 saturated heterocycles. The Morgan fingerprint density at radius 3 is 2.56 bits per heavy atom. The molecule has 0 amide bonds. The summed E-state index contributed by atoms with van der Waals surface area (Å²) >= 11 is 0. The largest absolute Gasteiger partial charge is 0.380 e. The van der Waals surface area contributed by atoms with E-state index in [1.54, 1.807) is 0 Å². The van der Waals surface area contributed by atoms with Crippen LogP contribution in [0.4, 0.5) is 0 Å². The maximum atomic E-state index is 8.83. The molecule has 0 atom stereocenters. The number of hydrogen-bond acceptors (Lipinski definition) is 3. The average Bonchev–Trinajstić information content (AvgIpc) is 2.27. The molecule has 0 aliphatic heterocycles. The van der Waals surface area contributed by atoms with Crippen LogP contribution in [0.2, 0.25) is 0 Å². The zero-order valence-corrected chi connectivity index (χ0v) is 11.0. The molecule has 0 radical (unpaired) electrons. The third-order valence-corrected chi connectivity index (χ3v) is 2.49. The second kappa shape index (κ2) is 9.62. The Morgan fingerprint density at radius 1 is 1.19 bits per heavy atom. The molecule has 0 bridgehead atoms. The van der Waals surface area contributed by atoms with Crippen molar-refractivity contribution in [3.63, 3.8) is 0 Å². The molecule has 1 N–H and O–H groups in total. The smallest absolute Gasteiger partial charge is 0.0683 e. The SMILES string of the molecule is CCCNCCOCCCCC(C)(C)C#N. The summed E-state index contributed by atoms with van der Waals surface area (Å²) in [5.41, 5.74) is -0.178. The van der Waals surface area contributed by atoms with Gasteiger partial charge in [0.05, 0.1) is 18.1 Å². The van der Waals surface area contributed by atoms with Crippen molar-refractivity contribution in [2.45, 2.75) is 46.5 Å². The van der Waals surface area contributed by atoms with Crippen LogP contribution in [0.25, 0.3) is 0 Å². The molecular formula is C13H26N2O. The van der Waals surface area contributed by atoms with Gasteiger partial charge in [0.15, 0.2) is 0 Å². The van der Waals surface area contributed by atoms with Crippen molar-refractivity contribution in [1.82, 2.24) is 5.32 Å². The Balaban J connectivity index is 3.14. The first-order valence-corrected chi connectivity index (χ1v) is 6.32. The third-order valence-electron chi connectivity index (χ3n) is 2.49. The first-order valence-electron chi connectivity index (χ1n) is 6.32. The summed E-state index contributed by atoms with van der Waals surface area (Å²) in [4.78, 5) is 0. The summed E-state index contributed by atoms with van der Waals surface area (Å²) in [7, 11) is 0. The highest BCUT2D eigenvalue weighted by atomic mass is 16.5. The van der Waals surface area contributed by atoms with Gasteiger partial charge in [-0.2, -0.15) is 5.26 Å². The minimum absolute atomic E-state index is 0.178. The van der Waals surface area contributed by atoms with Gasteiger partial charge in [-0.25, -0.2) is 0 Å². The van der Waals surface area contributed by atoms with Gasteiger partial charge in [-0.05, 0) is 46.1 Å². The lowest BCUT2D eigenvalue weighted by molar-refractivity contribution is 0.130. The molecule has 16 heavy (non-hydrogen) atoms. The molecule has 0 spiro atoms. The van der Waals surface area contributed by atoms with E-state index in [9.17, 15) is 0 Å². The zero-order chi connectivity index (χ0) is 12.3. The van der Waals surface area contributed by atoms with Gasteiger partial charge in [-0.3, -0.25) is 0 Å². The molecule has 0 rings (SSSR count). The van der Waals surface area contributed by atoms with Crippen LogP contribution in [-0.2, 0) is 4.74 Å². The van der Waals surface area contributed by atoms with Gasteiger partial charge in [-0.1, -0.05) is 6.92 Å². The fourth-order valence-corrected chi connectivity index (χ4v) is 1.38. The van der Waals surface area contributed by atoms with Gasteiger partial charge in [0.25, 0.3) is 0 Å². The summed E-state index contributed by atoms with van der Waals surface area (Å²) in [6, 6.07) is 2.32. The van der Waals surface area contributed by atoms with Gasteiger partial charge in [-0.15, -0.1) is 0 Å². The maximum absolute atomic E-state index is 8.83. The highest BCUT2D eigenvalue weighted by molar-refractivity contribution is 4.91. The van der Waals surface area contributed by atoms with Gasteiger partial charge in [0.1, 0.15) is 0 Å². The lowest BCUT2D eigenvalue weighted by Gasteiger charge is -2.14. The van der Waals surface area contributed by atoms with E-state index in [4.69, 9.17) is 10.00 Å². The van der Waals surface area contributed by atoms with Crippen molar-refractivity contribution in [3.05, 3.63) is 0 Å². The fourth-order valence-electron chi connectivity index (χ4n) is 1.38. The van der Waals surface area contributed by atoms with Gasteiger partial charge in [0.2, 0.25) is 0 Å². The summed E-state index contributed by atoms with van der Waals surface area (Å²) in [6.07, 6.45) is 4.26. The van der Waals surface area contributed by atoms with E-state index < -0.39 is 0 Å². The van der Waals surface area contributed by atoms with Crippen LogP contribution in [0.5, 0.6) is 0 Å². The summed E-state index contributed by atoms with van der Waals surface area (Å²) < 4.78 is 5.48. The molecule has 0 aromatic heterocycles. The molecular weight excluding hydrogens is 200 g/mol. The van der Waals surface area contributed by atoms with E-state index in [0.717, 1.165) is 45.6 Å². The van der Waals surface area contributed by atoms with Gasteiger partial charge < -0.3 is 10.1 Å². The highest BCUT2D eigenvalue weighted by Crippen LogP contribution is 2.21. The number of unbranched alkanes of at least 4 members (excludes halogenated alkanes) is 1. The first-order chi connectivity index (χ1) is 7.62. The van der Waals surface area contributed by atoms with Crippen LogP contribution in [0.3, 0.4) is 0 Å². The minimum atomic E-state index is -0.178. The van der Waals surface area contributed by atoms with Crippen molar-refractivity contribution >= 4 is 0 Å². The van der Waals surface area contributed by atoms with Gasteiger partial charge >= 0.3 is 0 Å². The predicted octanol–water partition coefficient (Wildman–Crippen LogP) is 2.72. The van der Waals surface area contributed by atoms with Crippen molar-refractivity contribution in [2.24, 2.45) is 5.41 Å². The van der Waals surface area contributed by atoms with E-state index in [0.29, 0.717) is 0 Å². The zero-order valence-electron chi connectivity index (χ0n) is 11.0. The number of ether oxygens (including phenoxy) is 1. The van der Waals surface area contributed by atoms with E-state index >= 15 is 0 Å². The van der Waals surface area contributed by atoms with E-state index in [-0.39, 0.29) is 5.41 Å². The summed E-state index contributed by atoms with van der Waals surface area (Å²) in [5, 5.41) is 12.1. The highest BCUT2D eigenvalue weighted by Gasteiger charge is 2.15. The van der Waals surface area contributed by atoms with E-state index in [1.807, 2.05) is 13.8 Å². The topological polar surface area (TPSA) is 45.0 Å². The standard InChI is InChI=1S/C13H26N2O/c1-4-8-15-9-11-16-10-6-5-7-13(2,3)12-14/h15H,4-11H2,1-3H3. The number of nitrogens with zero attached hydrogens (tertiary/aromatic N) is 1. The van der Waals surface area contributed by atoms with Crippen molar-refractivity contribution in [1.29, 1.82) is 5.26 Å². The quantitative estimate of drug-likeness (QED) is 0.583. The van der Waals surface area contributed by atoms with Gasteiger partial charge in [0, 0.05) is 13.2 Å². The molecule has 0 heterocycles. The van der Waals surface area contributed by atoms with Crippen LogP contribution in [-0.4, -0.2) is 26.3 Å². The van der Waals surface area contributed by atoms with Crippen LogP contribution in [0, 0.1) is 16.7 Å². The molecule has 3 nitrogen and oxygen atoms in total. The lowest BCUT2D eigenvalue weighted by Crippen LogP contribution is -2.20. The molecule has 3 heteroatoms. The molecule has 94 valence electrons. The summed E-state index contributed by atoms with van der Waals surface area (Å²) in [5.74, 6) is 0. The first kappa shape index (κ1) is 15.4. The summed E-state index contributed by atoms with van der Waals surface area (Å²) in [6.45, 7) is 9.75. The Hall–Kier alpha value is -0.590. The number of nitrogens with one attached hydrogen (secondary N) is 1. The number of nitriles is 1. The molecule has 0 saturated carbocycles. The second-order valence-electron chi connectivity index (χ2n) is 4.82. The van der Waals surface area contributed by atoms with Crippen molar-refractivity contribution < 1.29 is 4.74 Å². The maximum Gasteiger partial charge on any atom is 0.0683 e. The fraction of sp³-hybridized carbons (Fsp3) is 0.923. The minimum Gasteiger partial charge on any atom is -0.380 e. The van der Waals surface area contributed by atoms with E-state index in [2.05, 4.69) is 18.3 Å². The average molecular weight is 226 g/mol.